The van der Waals surface area contributed by atoms with Crippen molar-refractivity contribution < 1.29 is 18.0 Å². The summed E-state index contributed by atoms with van der Waals surface area (Å²) in [6, 6.07) is 0.0850. The summed E-state index contributed by atoms with van der Waals surface area (Å²) < 4.78 is 41.0. The van der Waals surface area contributed by atoms with Gasteiger partial charge in [0.25, 0.3) is 0 Å². The van der Waals surface area contributed by atoms with Crippen molar-refractivity contribution in [1.29, 1.82) is 0 Å². The van der Waals surface area contributed by atoms with Gasteiger partial charge in [0.1, 0.15) is 6.04 Å². The number of hydrogen-bond acceptors (Lipinski definition) is 3. The first-order valence-electron chi connectivity index (χ1n) is 7.57. The maximum Gasteiger partial charge on any atom is 0.435 e. The second-order valence-corrected chi connectivity index (χ2v) is 5.58. The van der Waals surface area contributed by atoms with Crippen LogP contribution in [0, 0.1) is 13.8 Å². The normalized spacial score (nSPS) is 13.1. The van der Waals surface area contributed by atoms with Crippen molar-refractivity contribution in [2.45, 2.75) is 53.0 Å². The molecule has 24 heavy (non-hydrogen) atoms. The molecule has 9 heteroatoms. The maximum atomic E-state index is 12.7. The fourth-order valence-electron chi connectivity index (χ4n) is 2.44. The van der Waals surface area contributed by atoms with Crippen LogP contribution in [0.1, 0.15) is 42.5 Å². The van der Waals surface area contributed by atoms with E-state index in [0.29, 0.717) is 0 Å². The molecule has 1 amide bonds. The van der Waals surface area contributed by atoms with E-state index in [2.05, 4.69) is 15.5 Å². The van der Waals surface area contributed by atoms with Gasteiger partial charge < -0.3 is 5.32 Å². The molecular weight excluding hydrogens is 323 g/mol. The Morgan fingerprint density at radius 2 is 2.04 bits per heavy atom. The number of aryl methyl sites for hydroxylation is 2. The van der Waals surface area contributed by atoms with E-state index < -0.39 is 23.8 Å². The first kappa shape index (κ1) is 18.0. The number of nitrogens with zero attached hydrogens (tertiary/aromatic N) is 4. The Morgan fingerprint density at radius 3 is 2.54 bits per heavy atom. The van der Waals surface area contributed by atoms with Gasteiger partial charge in [-0.05, 0) is 33.8 Å². The SMILES string of the molecule is CCn1ncc(CNC(=O)C(C)n2nc(C(F)(F)F)cc2C)c1C. The van der Waals surface area contributed by atoms with E-state index in [9.17, 15) is 18.0 Å². The van der Waals surface area contributed by atoms with Crippen molar-refractivity contribution in [3.8, 4) is 0 Å². The zero-order chi connectivity index (χ0) is 18.1. The highest BCUT2D eigenvalue weighted by Crippen LogP contribution is 2.29. The van der Waals surface area contributed by atoms with Crippen molar-refractivity contribution in [1.82, 2.24) is 24.9 Å². The van der Waals surface area contributed by atoms with Crippen LogP contribution < -0.4 is 5.32 Å². The van der Waals surface area contributed by atoms with Gasteiger partial charge in [-0.2, -0.15) is 23.4 Å². The van der Waals surface area contributed by atoms with E-state index in [0.717, 1.165) is 28.6 Å². The molecule has 0 spiro atoms. The second-order valence-electron chi connectivity index (χ2n) is 5.58. The number of aromatic nitrogens is 4. The number of halogens is 3. The van der Waals surface area contributed by atoms with E-state index >= 15 is 0 Å². The van der Waals surface area contributed by atoms with Gasteiger partial charge in [-0.3, -0.25) is 14.2 Å². The number of carbonyl (C=O) groups is 1. The summed E-state index contributed by atoms with van der Waals surface area (Å²) in [5, 5.41) is 10.4. The first-order valence-corrected chi connectivity index (χ1v) is 7.57. The molecule has 0 fully saturated rings. The molecule has 0 saturated heterocycles. The molecule has 1 unspecified atom stereocenters. The molecule has 0 saturated carbocycles. The molecule has 2 aromatic rings. The molecule has 2 rings (SSSR count). The number of amides is 1. The summed E-state index contributed by atoms with van der Waals surface area (Å²) in [7, 11) is 0. The molecule has 2 heterocycles. The van der Waals surface area contributed by atoms with Crippen molar-refractivity contribution in [3.05, 3.63) is 34.9 Å². The first-order chi connectivity index (χ1) is 11.1. The third-order valence-electron chi connectivity index (χ3n) is 3.92. The predicted molar refractivity (Wildman–Crippen MR) is 81.2 cm³/mol. The average molecular weight is 343 g/mol. The molecule has 1 N–H and O–H groups in total. The summed E-state index contributed by atoms with van der Waals surface area (Å²) in [5.41, 5.74) is 1.09. The number of rotatable bonds is 5. The maximum absolute atomic E-state index is 12.7. The van der Waals surface area contributed by atoms with Crippen molar-refractivity contribution >= 4 is 5.91 Å². The lowest BCUT2D eigenvalue weighted by atomic mass is 10.2. The summed E-state index contributed by atoms with van der Waals surface area (Å²) in [6.45, 7) is 7.85. The second kappa shape index (κ2) is 6.66. The third-order valence-corrected chi connectivity index (χ3v) is 3.92. The number of hydrogen-bond donors (Lipinski definition) is 1. The van der Waals surface area contributed by atoms with E-state index in [1.165, 1.54) is 13.8 Å². The minimum Gasteiger partial charge on any atom is -0.350 e. The number of alkyl halides is 3. The lowest BCUT2D eigenvalue weighted by molar-refractivity contribution is -0.142. The molecule has 0 aliphatic carbocycles. The van der Waals surface area contributed by atoms with Crippen molar-refractivity contribution in [2.75, 3.05) is 0 Å². The molecule has 0 aliphatic heterocycles. The van der Waals surface area contributed by atoms with Gasteiger partial charge in [0.2, 0.25) is 5.91 Å². The van der Waals surface area contributed by atoms with Gasteiger partial charge in [-0.15, -0.1) is 0 Å². The zero-order valence-corrected chi connectivity index (χ0v) is 14.0. The van der Waals surface area contributed by atoms with Gasteiger partial charge in [0, 0.05) is 30.0 Å². The van der Waals surface area contributed by atoms with Crippen LogP contribution in [0.2, 0.25) is 0 Å². The van der Waals surface area contributed by atoms with E-state index in [1.807, 2.05) is 13.8 Å². The Labute approximate surface area is 137 Å². The van der Waals surface area contributed by atoms with E-state index in [4.69, 9.17) is 0 Å². The van der Waals surface area contributed by atoms with Crippen LogP contribution in [0.15, 0.2) is 12.3 Å². The van der Waals surface area contributed by atoms with Gasteiger partial charge in [0.15, 0.2) is 5.69 Å². The number of carbonyl (C=O) groups excluding carboxylic acids is 1. The zero-order valence-electron chi connectivity index (χ0n) is 14.0. The number of nitrogens with one attached hydrogen (secondary N) is 1. The fraction of sp³-hybridized carbons (Fsp3) is 0.533. The lowest BCUT2D eigenvalue weighted by Crippen LogP contribution is -2.31. The molecule has 0 aromatic carbocycles. The fourth-order valence-corrected chi connectivity index (χ4v) is 2.44. The molecule has 0 radical (unpaired) electrons. The predicted octanol–water partition coefficient (Wildman–Crippen LogP) is 2.61. The average Bonchev–Trinajstić information content (AvgIpc) is 3.07. The molecule has 132 valence electrons. The minimum atomic E-state index is -4.53. The summed E-state index contributed by atoms with van der Waals surface area (Å²) in [5.74, 6) is -0.404. The van der Waals surface area contributed by atoms with Crippen LogP contribution in [0.5, 0.6) is 0 Å². The lowest BCUT2D eigenvalue weighted by Gasteiger charge is -2.14. The highest BCUT2D eigenvalue weighted by atomic mass is 19.4. The Morgan fingerprint density at radius 1 is 1.38 bits per heavy atom. The van der Waals surface area contributed by atoms with Crippen LogP contribution in [0.25, 0.3) is 0 Å². The molecule has 1 atom stereocenters. The molecule has 0 bridgehead atoms. The topological polar surface area (TPSA) is 64.7 Å². The largest absolute Gasteiger partial charge is 0.435 e. The Hall–Kier alpha value is -2.32. The Bertz CT molecular complexity index is 732. The van der Waals surface area contributed by atoms with Gasteiger partial charge in [-0.1, -0.05) is 0 Å². The Kier molecular flexibility index (Phi) is 5.00. The van der Waals surface area contributed by atoms with Crippen LogP contribution in [0.3, 0.4) is 0 Å². The van der Waals surface area contributed by atoms with Crippen LogP contribution in [0.4, 0.5) is 13.2 Å². The quantitative estimate of drug-likeness (QED) is 0.908. The molecule has 6 nitrogen and oxygen atoms in total. The van der Waals surface area contributed by atoms with E-state index in [-0.39, 0.29) is 12.2 Å². The summed E-state index contributed by atoms with van der Waals surface area (Å²) >= 11 is 0. The van der Waals surface area contributed by atoms with Crippen molar-refractivity contribution in [3.63, 3.8) is 0 Å². The highest BCUT2D eigenvalue weighted by Gasteiger charge is 2.35. The van der Waals surface area contributed by atoms with Gasteiger partial charge in [0.05, 0.1) is 6.20 Å². The van der Waals surface area contributed by atoms with Gasteiger partial charge >= 0.3 is 6.18 Å². The monoisotopic (exact) mass is 343 g/mol. The van der Waals surface area contributed by atoms with Crippen LogP contribution in [-0.2, 0) is 24.1 Å². The van der Waals surface area contributed by atoms with E-state index in [1.54, 1.807) is 10.9 Å². The molecule has 0 aliphatic rings. The van der Waals surface area contributed by atoms with Crippen molar-refractivity contribution in [2.24, 2.45) is 0 Å². The standard InChI is InChI=1S/C15H20F3N5O/c1-5-22-10(3)12(8-20-22)7-19-14(24)11(4)23-9(2)6-13(21-23)15(16,17)18/h6,8,11H,5,7H2,1-4H3,(H,19,24). The molecular formula is C15H20F3N5O. The van der Waals surface area contributed by atoms with Gasteiger partial charge in [-0.25, -0.2) is 0 Å². The third kappa shape index (κ3) is 3.60. The summed E-state index contributed by atoms with van der Waals surface area (Å²) in [4.78, 5) is 12.2. The Balaban J connectivity index is 2.07. The smallest absolute Gasteiger partial charge is 0.350 e. The minimum absolute atomic E-state index is 0.265. The highest BCUT2D eigenvalue weighted by molar-refractivity contribution is 5.79. The van der Waals surface area contributed by atoms with Crippen LogP contribution >= 0.6 is 0 Å². The van der Waals surface area contributed by atoms with Crippen LogP contribution in [-0.4, -0.2) is 25.5 Å². The summed E-state index contributed by atoms with van der Waals surface area (Å²) in [6.07, 6.45) is -2.86. The molecule has 2 aromatic heterocycles.